The van der Waals surface area contributed by atoms with Gasteiger partial charge in [-0.3, -0.25) is 14.4 Å². The molecule has 0 spiro atoms. The van der Waals surface area contributed by atoms with E-state index in [0.717, 1.165) is 0 Å². The van der Waals surface area contributed by atoms with E-state index in [4.69, 9.17) is 11.6 Å². The molecule has 0 aliphatic carbocycles. The van der Waals surface area contributed by atoms with E-state index in [-0.39, 0.29) is 30.2 Å². The van der Waals surface area contributed by atoms with Gasteiger partial charge in [-0.05, 0) is 38.5 Å². The molecule has 0 aromatic heterocycles. The monoisotopic (exact) mass is 381 g/mol. The van der Waals surface area contributed by atoms with E-state index in [1.54, 1.807) is 18.2 Å². The SMILES string of the molecule is CC(C)NC(=O)c1ccc(Cl)cc1NC(=O)CCCNC(=O)C(C)(C)C. The summed E-state index contributed by atoms with van der Waals surface area (Å²) in [7, 11) is 0. The second-order valence-corrected chi connectivity index (χ2v) is 7.91. The van der Waals surface area contributed by atoms with Gasteiger partial charge in [-0.1, -0.05) is 32.4 Å². The fourth-order valence-electron chi connectivity index (χ4n) is 2.09. The highest BCUT2D eigenvalue weighted by molar-refractivity contribution is 6.31. The maximum absolute atomic E-state index is 12.2. The molecule has 3 N–H and O–H groups in total. The van der Waals surface area contributed by atoms with Gasteiger partial charge in [0.25, 0.3) is 5.91 Å². The topological polar surface area (TPSA) is 87.3 Å². The van der Waals surface area contributed by atoms with Crippen LogP contribution in [-0.4, -0.2) is 30.3 Å². The third-order valence-corrected chi connectivity index (χ3v) is 3.70. The maximum Gasteiger partial charge on any atom is 0.253 e. The van der Waals surface area contributed by atoms with Crippen molar-refractivity contribution in [2.24, 2.45) is 5.41 Å². The molecule has 0 radical (unpaired) electrons. The molecule has 0 aliphatic heterocycles. The first-order valence-corrected chi connectivity index (χ1v) is 9.07. The number of halogens is 1. The first kappa shape index (κ1) is 22.0. The highest BCUT2D eigenvalue weighted by Gasteiger charge is 2.20. The van der Waals surface area contributed by atoms with E-state index in [0.29, 0.717) is 29.2 Å². The lowest BCUT2D eigenvalue weighted by atomic mass is 9.96. The molecule has 1 aromatic carbocycles. The van der Waals surface area contributed by atoms with Gasteiger partial charge in [0, 0.05) is 29.4 Å². The number of carbonyl (C=O) groups is 3. The molecule has 0 atom stereocenters. The Morgan fingerprint density at radius 1 is 1.15 bits per heavy atom. The van der Waals surface area contributed by atoms with Gasteiger partial charge in [0.15, 0.2) is 0 Å². The number of carbonyl (C=O) groups excluding carboxylic acids is 3. The Kier molecular flexibility index (Phi) is 8.08. The van der Waals surface area contributed by atoms with E-state index >= 15 is 0 Å². The number of hydrogen-bond donors (Lipinski definition) is 3. The molecular formula is C19H28ClN3O3. The second-order valence-electron chi connectivity index (χ2n) is 7.48. The third-order valence-electron chi connectivity index (χ3n) is 3.47. The van der Waals surface area contributed by atoms with Crippen LogP contribution in [-0.2, 0) is 9.59 Å². The van der Waals surface area contributed by atoms with E-state index < -0.39 is 5.41 Å². The molecule has 0 bridgehead atoms. The molecule has 0 saturated heterocycles. The Morgan fingerprint density at radius 3 is 2.38 bits per heavy atom. The van der Waals surface area contributed by atoms with E-state index in [9.17, 15) is 14.4 Å². The van der Waals surface area contributed by atoms with Gasteiger partial charge in [0.05, 0.1) is 11.3 Å². The number of amides is 3. The van der Waals surface area contributed by atoms with E-state index in [2.05, 4.69) is 16.0 Å². The number of rotatable bonds is 7. The van der Waals surface area contributed by atoms with Crippen LogP contribution in [0.4, 0.5) is 5.69 Å². The summed E-state index contributed by atoms with van der Waals surface area (Å²) in [6.07, 6.45) is 0.726. The smallest absolute Gasteiger partial charge is 0.253 e. The third kappa shape index (κ3) is 7.44. The highest BCUT2D eigenvalue weighted by atomic mass is 35.5. The van der Waals surface area contributed by atoms with Crippen molar-refractivity contribution < 1.29 is 14.4 Å². The standard InChI is InChI=1S/C19H28ClN3O3/c1-12(2)22-17(25)14-9-8-13(20)11-15(14)23-16(24)7-6-10-21-18(26)19(3,4)5/h8-9,11-12H,6-7,10H2,1-5H3,(H,21,26)(H,22,25)(H,23,24). The molecule has 144 valence electrons. The van der Waals surface area contributed by atoms with Crippen LogP contribution < -0.4 is 16.0 Å². The van der Waals surface area contributed by atoms with Crippen molar-refractivity contribution >= 4 is 35.0 Å². The lowest BCUT2D eigenvalue weighted by Crippen LogP contribution is -2.35. The Hall–Kier alpha value is -2.08. The first-order chi connectivity index (χ1) is 12.0. The molecule has 26 heavy (non-hydrogen) atoms. The van der Waals surface area contributed by atoms with Crippen LogP contribution in [0.15, 0.2) is 18.2 Å². The van der Waals surface area contributed by atoms with Gasteiger partial charge in [-0.25, -0.2) is 0 Å². The van der Waals surface area contributed by atoms with Crippen molar-refractivity contribution in [3.63, 3.8) is 0 Å². The summed E-state index contributed by atoms with van der Waals surface area (Å²) >= 11 is 5.98. The Morgan fingerprint density at radius 2 is 1.81 bits per heavy atom. The predicted molar refractivity (Wildman–Crippen MR) is 104 cm³/mol. The average molecular weight is 382 g/mol. The molecule has 0 unspecified atom stereocenters. The summed E-state index contributed by atoms with van der Waals surface area (Å²) in [5.41, 5.74) is 0.277. The van der Waals surface area contributed by atoms with Gasteiger partial charge in [-0.15, -0.1) is 0 Å². The Labute approximate surface area is 160 Å². The van der Waals surface area contributed by atoms with Crippen molar-refractivity contribution in [3.8, 4) is 0 Å². The fourth-order valence-corrected chi connectivity index (χ4v) is 2.26. The zero-order chi connectivity index (χ0) is 19.9. The summed E-state index contributed by atoms with van der Waals surface area (Å²) in [5.74, 6) is -0.569. The zero-order valence-electron chi connectivity index (χ0n) is 16.0. The largest absolute Gasteiger partial charge is 0.356 e. The van der Waals surface area contributed by atoms with Crippen molar-refractivity contribution in [1.29, 1.82) is 0 Å². The number of benzene rings is 1. The van der Waals surface area contributed by atoms with Crippen molar-refractivity contribution in [2.45, 2.75) is 53.5 Å². The van der Waals surface area contributed by atoms with Gasteiger partial charge >= 0.3 is 0 Å². The zero-order valence-corrected chi connectivity index (χ0v) is 16.8. The van der Waals surface area contributed by atoms with Crippen LogP contribution in [0, 0.1) is 5.41 Å². The molecule has 6 nitrogen and oxygen atoms in total. The van der Waals surface area contributed by atoms with Crippen LogP contribution in [0.5, 0.6) is 0 Å². The van der Waals surface area contributed by atoms with E-state index in [1.807, 2.05) is 34.6 Å². The minimum Gasteiger partial charge on any atom is -0.356 e. The van der Waals surface area contributed by atoms with Gasteiger partial charge in [-0.2, -0.15) is 0 Å². The predicted octanol–water partition coefficient (Wildman–Crippen LogP) is 3.36. The molecule has 7 heteroatoms. The molecular weight excluding hydrogens is 354 g/mol. The normalized spacial score (nSPS) is 11.2. The van der Waals surface area contributed by atoms with Crippen LogP contribution >= 0.6 is 11.6 Å². The van der Waals surface area contributed by atoms with Crippen molar-refractivity contribution in [2.75, 3.05) is 11.9 Å². The molecule has 0 fully saturated rings. The van der Waals surface area contributed by atoms with Crippen LogP contribution in [0.1, 0.15) is 57.8 Å². The van der Waals surface area contributed by atoms with Crippen LogP contribution in [0.2, 0.25) is 5.02 Å². The molecule has 3 amide bonds. The van der Waals surface area contributed by atoms with Crippen molar-refractivity contribution in [1.82, 2.24) is 10.6 Å². The van der Waals surface area contributed by atoms with Crippen molar-refractivity contribution in [3.05, 3.63) is 28.8 Å². The Bertz CT molecular complexity index is 666. The molecule has 1 aromatic rings. The fraction of sp³-hybridized carbons (Fsp3) is 0.526. The minimum absolute atomic E-state index is 0.0202. The molecule has 0 heterocycles. The summed E-state index contributed by atoms with van der Waals surface area (Å²) in [6, 6.07) is 4.72. The van der Waals surface area contributed by atoms with E-state index in [1.165, 1.54) is 0 Å². The summed E-state index contributed by atoms with van der Waals surface area (Å²) in [4.78, 5) is 36.2. The highest BCUT2D eigenvalue weighted by Crippen LogP contribution is 2.21. The van der Waals surface area contributed by atoms with Gasteiger partial charge in [0.2, 0.25) is 11.8 Å². The second kappa shape index (κ2) is 9.57. The average Bonchev–Trinajstić information content (AvgIpc) is 2.49. The number of hydrogen-bond acceptors (Lipinski definition) is 3. The van der Waals surface area contributed by atoms with Gasteiger partial charge < -0.3 is 16.0 Å². The first-order valence-electron chi connectivity index (χ1n) is 8.69. The lowest BCUT2D eigenvalue weighted by molar-refractivity contribution is -0.128. The maximum atomic E-state index is 12.2. The number of nitrogens with one attached hydrogen (secondary N) is 3. The van der Waals surface area contributed by atoms with Crippen LogP contribution in [0.25, 0.3) is 0 Å². The molecule has 0 saturated carbocycles. The van der Waals surface area contributed by atoms with Crippen LogP contribution in [0.3, 0.4) is 0 Å². The quantitative estimate of drug-likeness (QED) is 0.633. The Balaban J connectivity index is 2.62. The lowest BCUT2D eigenvalue weighted by Gasteiger charge is -2.17. The van der Waals surface area contributed by atoms with Gasteiger partial charge in [0.1, 0.15) is 0 Å². The summed E-state index contributed by atoms with van der Waals surface area (Å²) in [5, 5.41) is 8.74. The summed E-state index contributed by atoms with van der Waals surface area (Å²) < 4.78 is 0. The molecule has 1 rings (SSSR count). The minimum atomic E-state index is -0.457. The molecule has 0 aliphatic rings. The number of anilines is 1. The summed E-state index contributed by atoms with van der Waals surface area (Å²) in [6.45, 7) is 9.63.